The van der Waals surface area contributed by atoms with E-state index in [2.05, 4.69) is 62.8 Å². The second-order valence-corrected chi connectivity index (χ2v) is 9.43. The number of methoxy groups -OCH3 is 1. The molecular formula is C30H32N4O3. The SMILES string of the molecule is CNC(=O)c1ccc(CN(CCc2c[nH]c3ccccc23)C2CCc3cc(/C=C/C(=O)OC)ccc32)[nH]1. The number of carbonyl (C=O) groups is 2. The van der Waals surface area contributed by atoms with Crippen molar-refractivity contribution >= 4 is 28.9 Å². The Hall–Kier alpha value is -4.10. The Balaban J connectivity index is 1.39. The fourth-order valence-corrected chi connectivity index (χ4v) is 5.30. The number of amides is 1. The van der Waals surface area contributed by atoms with Gasteiger partial charge in [-0.2, -0.15) is 0 Å². The first-order valence-electron chi connectivity index (χ1n) is 12.6. The van der Waals surface area contributed by atoms with Crippen molar-refractivity contribution in [3.63, 3.8) is 0 Å². The van der Waals surface area contributed by atoms with Crippen LogP contribution in [0.25, 0.3) is 17.0 Å². The molecule has 2 heterocycles. The number of carbonyl (C=O) groups excluding carboxylic acids is 2. The Labute approximate surface area is 216 Å². The molecule has 2 aromatic heterocycles. The molecule has 0 aliphatic heterocycles. The van der Waals surface area contributed by atoms with Crippen LogP contribution in [0.2, 0.25) is 0 Å². The molecule has 1 atom stereocenters. The summed E-state index contributed by atoms with van der Waals surface area (Å²) < 4.78 is 4.71. The largest absolute Gasteiger partial charge is 0.466 e. The molecule has 190 valence electrons. The summed E-state index contributed by atoms with van der Waals surface area (Å²) in [5.41, 5.74) is 7.68. The van der Waals surface area contributed by atoms with Gasteiger partial charge in [-0.3, -0.25) is 9.69 Å². The maximum atomic E-state index is 12.1. The maximum absolute atomic E-state index is 12.1. The van der Waals surface area contributed by atoms with E-state index in [1.165, 1.54) is 35.3 Å². The van der Waals surface area contributed by atoms with Crippen molar-refractivity contribution in [1.29, 1.82) is 0 Å². The molecular weight excluding hydrogens is 464 g/mol. The lowest BCUT2D eigenvalue weighted by atomic mass is 10.0. The van der Waals surface area contributed by atoms with E-state index < -0.39 is 0 Å². The Morgan fingerprint density at radius 3 is 2.86 bits per heavy atom. The molecule has 5 rings (SSSR count). The molecule has 1 aliphatic rings. The van der Waals surface area contributed by atoms with Crippen LogP contribution in [0, 0.1) is 0 Å². The van der Waals surface area contributed by atoms with Crippen LogP contribution in [-0.4, -0.2) is 47.4 Å². The molecule has 0 fully saturated rings. The van der Waals surface area contributed by atoms with Crippen molar-refractivity contribution in [2.75, 3.05) is 20.7 Å². The summed E-state index contributed by atoms with van der Waals surface area (Å²) >= 11 is 0. The van der Waals surface area contributed by atoms with Crippen molar-refractivity contribution < 1.29 is 14.3 Å². The highest BCUT2D eigenvalue weighted by Gasteiger charge is 2.28. The van der Waals surface area contributed by atoms with Gasteiger partial charge < -0.3 is 20.0 Å². The van der Waals surface area contributed by atoms with Crippen LogP contribution in [0.4, 0.5) is 0 Å². The van der Waals surface area contributed by atoms with Gasteiger partial charge in [-0.15, -0.1) is 0 Å². The fourth-order valence-electron chi connectivity index (χ4n) is 5.30. The van der Waals surface area contributed by atoms with Crippen LogP contribution in [0.3, 0.4) is 0 Å². The normalized spacial score (nSPS) is 14.9. The van der Waals surface area contributed by atoms with Crippen LogP contribution in [-0.2, 0) is 28.9 Å². The molecule has 3 N–H and O–H groups in total. The molecule has 1 aliphatic carbocycles. The first-order chi connectivity index (χ1) is 18.1. The van der Waals surface area contributed by atoms with Gasteiger partial charge in [-0.25, -0.2) is 4.79 Å². The molecule has 0 spiro atoms. The highest BCUT2D eigenvalue weighted by molar-refractivity contribution is 5.92. The van der Waals surface area contributed by atoms with E-state index in [-0.39, 0.29) is 17.9 Å². The molecule has 0 saturated carbocycles. The number of hydrogen-bond acceptors (Lipinski definition) is 4. The number of aromatic nitrogens is 2. The number of ether oxygens (including phenoxy) is 1. The number of nitrogens with one attached hydrogen (secondary N) is 3. The summed E-state index contributed by atoms with van der Waals surface area (Å²) in [6.07, 6.45) is 8.29. The third kappa shape index (κ3) is 5.37. The molecule has 1 amide bonds. The summed E-state index contributed by atoms with van der Waals surface area (Å²) in [6, 6.07) is 18.9. The van der Waals surface area contributed by atoms with E-state index in [4.69, 9.17) is 4.74 Å². The van der Waals surface area contributed by atoms with Gasteiger partial charge in [-0.1, -0.05) is 36.4 Å². The third-order valence-corrected chi connectivity index (χ3v) is 7.20. The smallest absolute Gasteiger partial charge is 0.330 e. The molecule has 0 radical (unpaired) electrons. The van der Waals surface area contributed by atoms with Crippen molar-refractivity contribution in [1.82, 2.24) is 20.2 Å². The molecule has 1 unspecified atom stereocenters. The quantitative estimate of drug-likeness (QED) is 0.230. The highest BCUT2D eigenvalue weighted by atomic mass is 16.5. The van der Waals surface area contributed by atoms with Gasteiger partial charge in [0.1, 0.15) is 5.69 Å². The van der Waals surface area contributed by atoms with Crippen LogP contribution < -0.4 is 5.32 Å². The third-order valence-electron chi connectivity index (χ3n) is 7.20. The Bertz CT molecular complexity index is 1450. The lowest BCUT2D eigenvalue weighted by Gasteiger charge is -2.29. The number of para-hydroxylation sites is 1. The second-order valence-electron chi connectivity index (χ2n) is 9.43. The minimum atomic E-state index is -0.357. The number of H-pyrrole nitrogens is 2. The summed E-state index contributed by atoms with van der Waals surface area (Å²) in [4.78, 5) is 32.8. The first-order valence-corrected chi connectivity index (χ1v) is 12.6. The van der Waals surface area contributed by atoms with Crippen molar-refractivity contribution in [3.8, 4) is 0 Å². The van der Waals surface area contributed by atoms with E-state index in [9.17, 15) is 9.59 Å². The summed E-state index contributed by atoms with van der Waals surface area (Å²) in [7, 11) is 3.02. The minimum Gasteiger partial charge on any atom is -0.466 e. The highest BCUT2D eigenvalue weighted by Crippen LogP contribution is 2.37. The molecule has 37 heavy (non-hydrogen) atoms. The Kier molecular flexibility index (Phi) is 7.23. The van der Waals surface area contributed by atoms with Crippen LogP contribution in [0.15, 0.2) is 66.9 Å². The molecule has 0 saturated heterocycles. The van der Waals surface area contributed by atoms with Crippen LogP contribution in [0.1, 0.15) is 50.9 Å². The molecule has 2 aromatic carbocycles. The topological polar surface area (TPSA) is 90.2 Å². The number of hydrogen-bond donors (Lipinski definition) is 3. The van der Waals surface area contributed by atoms with E-state index >= 15 is 0 Å². The zero-order valence-corrected chi connectivity index (χ0v) is 21.2. The van der Waals surface area contributed by atoms with Crippen LogP contribution in [0.5, 0.6) is 0 Å². The van der Waals surface area contributed by atoms with E-state index in [0.29, 0.717) is 12.2 Å². The number of esters is 1. The van der Waals surface area contributed by atoms with Gasteiger partial charge in [0, 0.05) is 55.0 Å². The minimum absolute atomic E-state index is 0.115. The monoisotopic (exact) mass is 496 g/mol. The predicted octanol–water partition coefficient (Wildman–Crippen LogP) is 4.77. The number of benzene rings is 2. The van der Waals surface area contributed by atoms with Crippen molar-refractivity contribution in [2.24, 2.45) is 0 Å². The molecule has 7 heteroatoms. The van der Waals surface area contributed by atoms with Gasteiger partial charge in [0.05, 0.1) is 7.11 Å². The number of fused-ring (bicyclic) bond motifs is 2. The van der Waals surface area contributed by atoms with Gasteiger partial charge in [0.15, 0.2) is 0 Å². The first kappa shape index (κ1) is 24.6. The van der Waals surface area contributed by atoms with E-state index in [1.54, 1.807) is 13.1 Å². The second kappa shape index (κ2) is 10.9. The van der Waals surface area contributed by atoms with Gasteiger partial charge in [0.2, 0.25) is 0 Å². The zero-order valence-electron chi connectivity index (χ0n) is 21.2. The zero-order chi connectivity index (χ0) is 25.8. The van der Waals surface area contributed by atoms with Gasteiger partial charge in [-0.05, 0) is 65.8 Å². The standard InChI is InChI=1S/C30H32N4O3/c1-31-30(36)27-12-10-23(33-27)19-34(16-15-22-18-32-26-6-4-3-5-24(22)26)28-13-9-21-17-20(7-11-25(21)28)8-14-29(35)37-2/h3-8,10-12,14,17-18,28,32-33H,9,13,15-16,19H2,1-2H3,(H,31,36)/b14-8+. The predicted molar refractivity (Wildman–Crippen MR) is 145 cm³/mol. The average Bonchev–Trinajstić information content (AvgIpc) is 3.67. The summed E-state index contributed by atoms with van der Waals surface area (Å²) in [5, 5.41) is 3.94. The lowest BCUT2D eigenvalue weighted by molar-refractivity contribution is -0.134. The average molecular weight is 497 g/mol. The maximum Gasteiger partial charge on any atom is 0.330 e. The number of aromatic amines is 2. The Morgan fingerprint density at radius 1 is 1.16 bits per heavy atom. The molecule has 7 nitrogen and oxygen atoms in total. The van der Waals surface area contributed by atoms with Crippen LogP contribution >= 0.6 is 0 Å². The Morgan fingerprint density at radius 2 is 2.03 bits per heavy atom. The summed E-state index contributed by atoms with van der Waals surface area (Å²) in [5.74, 6) is -0.473. The molecule has 0 bridgehead atoms. The van der Waals surface area contributed by atoms with Gasteiger partial charge in [0.25, 0.3) is 5.91 Å². The summed E-state index contributed by atoms with van der Waals surface area (Å²) in [6.45, 7) is 1.59. The van der Waals surface area contributed by atoms with Crippen molar-refractivity contribution in [2.45, 2.75) is 31.8 Å². The number of aryl methyl sites for hydroxylation is 1. The molecule has 4 aromatic rings. The van der Waals surface area contributed by atoms with Gasteiger partial charge >= 0.3 is 5.97 Å². The van der Waals surface area contributed by atoms with E-state index in [1.807, 2.05) is 18.2 Å². The number of rotatable bonds is 9. The lowest BCUT2D eigenvalue weighted by Crippen LogP contribution is -2.29. The van der Waals surface area contributed by atoms with E-state index in [0.717, 1.165) is 42.6 Å². The van der Waals surface area contributed by atoms with Crippen molar-refractivity contribution in [3.05, 3.63) is 101 Å². The fraction of sp³-hybridized carbons (Fsp3) is 0.267. The number of nitrogens with zero attached hydrogens (tertiary/aromatic N) is 1.